The Kier molecular flexibility index (Phi) is 1.88. The molecule has 6 heteroatoms. The Morgan fingerprint density at radius 3 is 3.00 bits per heavy atom. The number of hydrogen-bond donors (Lipinski definition) is 1. The molecule has 2 rings (SSSR count). The van der Waals surface area contributed by atoms with Crippen molar-refractivity contribution < 1.29 is 4.79 Å². The predicted octanol–water partition coefficient (Wildman–Crippen LogP) is -0.00250. The van der Waals surface area contributed by atoms with Crippen LogP contribution >= 0.6 is 0 Å². The van der Waals surface area contributed by atoms with E-state index in [4.69, 9.17) is 5.73 Å². The van der Waals surface area contributed by atoms with Crippen LogP contribution in [0.25, 0.3) is 11.2 Å². The van der Waals surface area contributed by atoms with Gasteiger partial charge in [0, 0.05) is 0 Å². The maximum atomic E-state index is 10.9. The molecule has 0 aliphatic rings. The summed E-state index contributed by atoms with van der Waals surface area (Å²) in [6.07, 6.45) is 2.90. The first-order chi connectivity index (χ1) is 6.68. The molecule has 72 valence electrons. The van der Waals surface area contributed by atoms with Crippen molar-refractivity contribution in [2.45, 2.75) is 13.5 Å². The summed E-state index contributed by atoms with van der Waals surface area (Å²) in [5.41, 5.74) is 6.71. The molecular formula is C8H9N5O. The van der Waals surface area contributed by atoms with Gasteiger partial charge in [-0.2, -0.15) is 0 Å². The first kappa shape index (κ1) is 8.61. The van der Waals surface area contributed by atoms with Gasteiger partial charge in [-0.1, -0.05) is 0 Å². The fourth-order valence-corrected chi connectivity index (χ4v) is 1.25. The first-order valence-corrected chi connectivity index (χ1v) is 4.09. The molecule has 0 saturated carbocycles. The topological polar surface area (TPSA) is 86.7 Å². The summed E-state index contributed by atoms with van der Waals surface area (Å²) < 4.78 is 1.65. The molecule has 6 nitrogen and oxygen atoms in total. The second-order valence-corrected chi connectivity index (χ2v) is 3.01. The molecule has 0 aromatic carbocycles. The summed E-state index contributed by atoms with van der Waals surface area (Å²) in [5, 5.41) is 0. The second-order valence-electron chi connectivity index (χ2n) is 3.01. The van der Waals surface area contributed by atoms with Crippen LogP contribution in [0.1, 0.15) is 6.92 Å². The van der Waals surface area contributed by atoms with E-state index in [9.17, 15) is 4.79 Å². The molecule has 0 amide bonds. The van der Waals surface area contributed by atoms with E-state index in [0.29, 0.717) is 17.0 Å². The van der Waals surface area contributed by atoms with Crippen molar-refractivity contribution in [3.05, 3.63) is 12.7 Å². The van der Waals surface area contributed by atoms with Gasteiger partial charge in [-0.15, -0.1) is 0 Å². The number of aromatic nitrogens is 4. The number of nitrogens with zero attached hydrogens (tertiary/aromatic N) is 4. The zero-order valence-corrected chi connectivity index (χ0v) is 7.64. The number of nitrogen functional groups attached to an aromatic ring is 1. The van der Waals surface area contributed by atoms with Crippen molar-refractivity contribution in [2.24, 2.45) is 0 Å². The molecule has 0 unspecified atom stereocenters. The van der Waals surface area contributed by atoms with E-state index < -0.39 is 0 Å². The van der Waals surface area contributed by atoms with E-state index in [1.807, 2.05) is 0 Å². The van der Waals surface area contributed by atoms with Crippen molar-refractivity contribution in [3.8, 4) is 0 Å². The van der Waals surface area contributed by atoms with Crippen LogP contribution in [0.5, 0.6) is 0 Å². The molecule has 2 aromatic rings. The van der Waals surface area contributed by atoms with E-state index in [1.54, 1.807) is 4.57 Å². The lowest BCUT2D eigenvalue weighted by Crippen LogP contribution is -2.05. The molecule has 0 saturated heterocycles. The third-order valence-electron chi connectivity index (χ3n) is 1.82. The third kappa shape index (κ3) is 1.30. The van der Waals surface area contributed by atoms with Crippen molar-refractivity contribution in [3.63, 3.8) is 0 Å². The van der Waals surface area contributed by atoms with Crippen LogP contribution in [0, 0.1) is 0 Å². The molecule has 0 radical (unpaired) electrons. The highest BCUT2D eigenvalue weighted by atomic mass is 16.1. The number of imidazole rings is 1. The molecular weight excluding hydrogens is 182 g/mol. The van der Waals surface area contributed by atoms with Crippen LogP contribution in [-0.4, -0.2) is 25.3 Å². The maximum Gasteiger partial charge on any atom is 0.165 e. The molecule has 0 aliphatic carbocycles. The third-order valence-corrected chi connectivity index (χ3v) is 1.82. The van der Waals surface area contributed by atoms with Gasteiger partial charge in [-0.05, 0) is 6.92 Å². The number of carbonyl (C=O) groups excluding carboxylic acids is 1. The number of ketones is 1. The van der Waals surface area contributed by atoms with E-state index in [2.05, 4.69) is 15.0 Å². The van der Waals surface area contributed by atoms with E-state index in [-0.39, 0.29) is 12.3 Å². The lowest BCUT2D eigenvalue weighted by Gasteiger charge is -1.98. The van der Waals surface area contributed by atoms with Crippen molar-refractivity contribution in [1.82, 2.24) is 19.5 Å². The second kappa shape index (κ2) is 3.06. The summed E-state index contributed by atoms with van der Waals surface area (Å²) in [5.74, 6) is 0.374. The summed E-state index contributed by atoms with van der Waals surface area (Å²) >= 11 is 0. The van der Waals surface area contributed by atoms with Crippen LogP contribution < -0.4 is 5.73 Å². The molecule has 2 aromatic heterocycles. The Labute approximate surface area is 79.8 Å². The average Bonchev–Trinajstić information content (AvgIpc) is 2.49. The predicted molar refractivity (Wildman–Crippen MR) is 50.4 cm³/mol. The summed E-state index contributed by atoms with van der Waals surface area (Å²) in [6.45, 7) is 1.77. The van der Waals surface area contributed by atoms with Gasteiger partial charge in [-0.3, -0.25) is 4.79 Å². The van der Waals surface area contributed by atoms with E-state index in [0.717, 1.165) is 0 Å². The van der Waals surface area contributed by atoms with E-state index >= 15 is 0 Å². The number of Topliss-reactive ketones (excluding diaryl/α,β-unsaturated/α-hetero) is 1. The lowest BCUT2D eigenvalue weighted by atomic mass is 10.4. The van der Waals surface area contributed by atoms with Crippen molar-refractivity contribution in [2.75, 3.05) is 5.73 Å². The van der Waals surface area contributed by atoms with Crippen LogP contribution in [0.2, 0.25) is 0 Å². The maximum absolute atomic E-state index is 10.9. The zero-order valence-electron chi connectivity index (χ0n) is 7.64. The molecule has 2 N–H and O–H groups in total. The smallest absolute Gasteiger partial charge is 0.165 e. The fourth-order valence-electron chi connectivity index (χ4n) is 1.25. The minimum atomic E-state index is 0.0430. The number of carbonyl (C=O) groups is 1. The first-order valence-electron chi connectivity index (χ1n) is 4.09. The highest BCUT2D eigenvalue weighted by molar-refractivity contribution is 5.83. The summed E-state index contributed by atoms with van der Waals surface area (Å²) in [7, 11) is 0. The molecule has 0 atom stereocenters. The highest BCUT2D eigenvalue weighted by Crippen LogP contribution is 2.13. The van der Waals surface area contributed by atoms with Crippen molar-refractivity contribution >= 4 is 22.8 Å². The highest BCUT2D eigenvalue weighted by Gasteiger charge is 2.08. The molecule has 2 heterocycles. The van der Waals surface area contributed by atoms with Gasteiger partial charge >= 0.3 is 0 Å². The molecule has 14 heavy (non-hydrogen) atoms. The number of fused-ring (bicyclic) bond motifs is 1. The van der Waals surface area contributed by atoms with Gasteiger partial charge in [-0.25, -0.2) is 15.0 Å². The average molecular weight is 191 g/mol. The lowest BCUT2D eigenvalue weighted by molar-refractivity contribution is -0.117. The Bertz CT molecular complexity index is 489. The largest absolute Gasteiger partial charge is 0.382 e. The fraction of sp³-hybridized carbons (Fsp3) is 0.250. The quantitative estimate of drug-likeness (QED) is 0.721. The summed E-state index contributed by atoms with van der Waals surface area (Å²) in [6, 6.07) is 0. The Balaban J connectivity index is 2.58. The molecule has 0 spiro atoms. The monoisotopic (exact) mass is 191 g/mol. The van der Waals surface area contributed by atoms with Crippen LogP contribution in [-0.2, 0) is 11.3 Å². The van der Waals surface area contributed by atoms with Gasteiger partial charge in [0.05, 0.1) is 12.9 Å². The van der Waals surface area contributed by atoms with Gasteiger partial charge in [0.15, 0.2) is 11.5 Å². The number of anilines is 1. The van der Waals surface area contributed by atoms with Gasteiger partial charge < -0.3 is 10.3 Å². The minimum absolute atomic E-state index is 0.0430. The Hall–Kier alpha value is -1.98. The van der Waals surface area contributed by atoms with Gasteiger partial charge in [0.25, 0.3) is 0 Å². The molecule has 0 aliphatic heterocycles. The van der Waals surface area contributed by atoms with Crippen LogP contribution in [0.4, 0.5) is 5.82 Å². The van der Waals surface area contributed by atoms with Crippen LogP contribution in [0.15, 0.2) is 12.7 Å². The Morgan fingerprint density at radius 2 is 2.29 bits per heavy atom. The van der Waals surface area contributed by atoms with Gasteiger partial charge in [0.2, 0.25) is 0 Å². The molecule has 0 fully saturated rings. The minimum Gasteiger partial charge on any atom is -0.382 e. The van der Waals surface area contributed by atoms with Gasteiger partial charge in [0.1, 0.15) is 17.6 Å². The SMILES string of the molecule is CC(=O)Cn1cnc2c(N)ncnc21. The number of nitrogens with two attached hydrogens (primary N) is 1. The van der Waals surface area contributed by atoms with Crippen molar-refractivity contribution in [1.29, 1.82) is 0 Å². The molecule has 0 bridgehead atoms. The Morgan fingerprint density at radius 1 is 1.50 bits per heavy atom. The normalized spacial score (nSPS) is 10.6. The number of hydrogen-bond acceptors (Lipinski definition) is 5. The zero-order chi connectivity index (χ0) is 10.1. The number of rotatable bonds is 2. The standard InChI is InChI=1S/C8H9N5O/c1-5(14)2-13-4-12-6-7(9)10-3-11-8(6)13/h3-4H,2H2,1H3,(H2,9,10,11). The van der Waals surface area contributed by atoms with E-state index in [1.165, 1.54) is 19.6 Å². The summed E-state index contributed by atoms with van der Waals surface area (Å²) in [4.78, 5) is 22.8. The van der Waals surface area contributed by atoms with Crippen LogP contribution in [0.3, 0.4) is 0 Å².